The third-order valence-electron chi connectivity index (χ3n) is 3.07. The fourth-order valence-corrected chi connectivity index (χ4v) is 3.60. The van der Waals surface area contributed by atoms with Crippen LogP contribution in [-0.2, 0) is 15.6 Å². The highest BCUT2D eigenvalue weighted by Crippen LogP contribution is 2.23. The maximum Gasteiger partial charge on any atom is 0.182 e. The quantitative estimate of drug-likeness (QED) is 0.810. The van der Waals surface area contributed by atoms with Crippen molar-refractivity contribution in [2.75, 3.05) is 0 Å². The number of nitriles is 1. The Morgan fingerprint density at radius 3 is 2.52 bits per heavy atom. The number of halogens is 2. The first-order valence-corrected chi connectivity index (χ1v) is 8.04. The average Bonchev–Trinajstić information content (AvgIpc) is 2.43. The van der Waals surface area contributed by atoms with E-state index in [4.69, 9.17) is 16.9 Å². The van der Waals surface area contributed by atoms with E-state index in [2.05, 4.69) is 0 Å². The lowest BCUT2D eigenvalue weighted by Gasteiger charge is -2.08. The van der Waals surface area contributed by atoms with Gasteiger partial charge in [0.1, 0.15) is 5.82 Å². The molecular weight excluding hydrogens is 313 g/mol. The number of aryl methyl sites for hydroxylation is 1. The van der Waals surface area contributed by atoms with Gasteiger partial charge in [-0.2, -0.15) is 5.26 Å². The van der Waals surface area contributed by atoms with E-state index in [0.29, 0.717) is 16.7 Å². The van der Waals surface area contributed by atoms with Crippen molar-refractivity contribution in [1.29, 1.82) is 5.26 Å². The minimum Gasteiger partial charge on any atom is -0.223 e. The van der Waals surface area contributed by atoms with Crippen molar-refractivity contribution in [1.82, 2.24) is 0 Å². The van der Waals surface area contributed by atoms with Crippen LogP contribution in [0.15, 0.2) is 41.3 Å². The lowest BCUT2D eigenvalue weighted by Crippen LogP contribution is -2.06. The van der Waals surface area contributed by atoms with Crippen LogP contribution in [0.3, 0.4) is 0 Å². The van der Waals surface area contributed by atoms with E-state index >= 15 is 0 Å². The second-order valence-electron chi connectivity index (χ2n) is 4.59. The van der Waals surface area contributed by atoms with Crippen LogP contribution in [0, 0.1) is 24.1 Å². The molecule has 108 valence electrons. The van der Waals surface area contributed by atoms with E-state index in [1.807, 2.05) is 6.07 Å². The van der Waals surface area contributed by atoms with Crippen molar-refractivity contribution < 1.29 is 12.8 Å². The molecule has 0 aliphatic heterocycles. The molecular formula is C15H11ClFNO2S. The van der Waals surface area contributed by atoms with Crippen LogP contribution in [-0.4, -0.2) is 8.42 Å². The fraction of sp³-hybridized carbons (Fsp3) is 0.133. The summed E-state index contributed by atoms with van der Waals surface area (Å²) in [6.07, 6.45) is 0. The molecule has 2 aromatic carbocycles. The summed E-state index contributed by atoms with van der Waals surface area (Å²) >= 11 is 5.62. The van der Waals surface area contributed by atoms with Gasteiger partial charge >= 0.3 is 0 Å². The Kier molecular flexibility index (Phi) is 4.31. The van der Waals surface area contributed by atoms with Gasteiger partial charge in [0, 0.05) is 0 Å². The Balaban J connectivity index is 2.37. The van der Waals surface area contributed by atoms with Crippen LogP contribution < -0.4 is 0 Å². The highest BCUT2D eigenvalue weighted by Gasteiger charge is 2.18. The molecule has 0 atom stereocenters. The number of benzene rings is 2. The first-order chi connectivity index (χ1) is 9.83. The molecule has 6 heteroatoms. The van der Waals surface area contributed by atoms with Gasteiger partial charge in [-0.3, -0.25) is 0 Å². The number of hydrogen-bond acceptors (Lipinski definition) is 3. The molecule has 0 spiro atoms. The minimum absolute atomic E-state index is 0.0299. The van der Waals surface area contributed by atoms with Gasteiger partial charge in [-0.05, 0) is 48.4 Å². The van der Waals surface area contributed by atoms with E-state index in [1.54, 1.807) is 25.1 Å². The third-order valence-corrected chi connectivity index (χ3v) is 5.02. The van der Waals surface area contributed by atoms with Crippen LogP contribution in [0.4, 0.5) is 4.39 Å². The highest BCUT2D eigenvalue weighted by atomic mass is 35.5. The zero-order valence-corrected chi connectivity index (χ0v) is 12.7. The van der Waals surface area contributed by atoms with Gasteiger partial charge in [-0.1, -0.05) is 17.7 Å². The molecule has 0 saturated carbocycles. The first kappa shape index (κ1) is 15.5. The van der Waals surface area contributed by atoms with Gasteiger partial charge in [-0.25, -0.2) is 12.8 Å². The normalized spacial score (nSPS) is 11.1. The van der Waals surface area contributed by atoms with E-state index in [0.717, 1.165) is 12.1 Å². The summed E-state index contributed by atoms with van der Waals surface area (Å²) in [5.74, 6) is -0.892. The summed E-state index contributed by atoms with van der Waals surface area (Å²) in [6, 6.07) is 10.1. The minimum atomic E-state index is -3.63. The van der Waals surface area contributed by atoms with Gasteiger partial charge in [-0.15, -0.1) is 0 Å². The molecule has 3 nitrogen and oxygen atoms in total. The summed E-state index contributed by atoms with van der Waals surface area (Å²) in [6.45, 7) is 1.74. The predicted molar refractivity (Wildman–Crippen MR) is 78.2 cm³/mol. The van der Waals surface area contributed by atoms with Crippen molar-refractivity contribution in [2.24, 2.45) is 0 Å². The molecule has 21 heavy (non-hydrogen) atoms. The molecule has 0 aliphatic rings. The number of hydrogen-bond donors (Lipinski definition) is 0. The molecule has 2 aromatic rings. The van der Waals surface area contributed by atoms with Gasteiger partial charge in [0.25, 0.3) is 0 Å². The number of rotatable bonds is 3. The predicted octanol–water partition coefficient (Wildman–Crippen LogP) is 3.63. The highest BCUT2D eigenvalue weighted by molar-refractivity contribution is 7.90. The maximum atomic E-state index is 13.1. The van der Waals surface area contributed by atoms with Crippen molar-refractivity contribution >= 4 is 21.4 Å². The molecule has 0 bridgehead atoms. The summed E-state index contributed by atoms with van der Waals surface area (Å²) in [7, 11) is -3.63. The Labute approximate surface area is 127 Å². The SMILES string of the molecule is Cc1cc(C#N)ccc1CS(=O)(=O)c1ccc(F)c(Cl)c1. The van der Waals surface area contributed by atoms with Gasteiger partial charge in [0.15, 0.2) is 9.84 Å². The molecule has 0 fully saturated rings. The summed E-state index contributed by atoms with van der Waals surface area (Å²) in [5, 5.41) is 8.57. The van der Waals surface area contributed by atoms with Crippen molar-refractivity contribution in [3.63, 3.8) is 0 Å². The largest absolute Gasteiger partial charge is 0.223 e. The first-order valence-electron chi connectivity index (χ1n) is 6.01. The maximum absolute atomic E-state index is 13.1. The van der Waals surface area contributed by atoms with E-state index in [9.17, 15) is 12.8 Å². The molecule has 0 radical (unpaired) electrons. The van der Waals surface area contributed by atoms with Crippen molar-refractivity contribution in [3.8, 4) is 6.07 Å². The lowest BCUT2D eigenvalue weighted by molar-refractivity contribution is 0.594. The molecule has 2 rings (SSSR count). The monoisotopic (exact) mass is 323 g/mol. The van der Waals surface area contributed by atoms with Crippen LogP contribution in [0.25, 0.3) is 0 Å². The van der Waals surface area contributed by atoms with Gasteiger partial charge in [0.05, 0.1) is 27.3 Å². The zero-order valence-electron chi connectivity index (χ0n) is 11.1. The Morgan fingerprint density at radius 2 is 1.95 bits per heavy atom. The third kappa shape index (κ3) is 3.41. The molecule has 0 heterocycles. The topological polar surface area (TPSA) is 57.9 Å². The molecule has 0 amide bonds. The van der Waals surface area contributed by atoms with Crippen LogP contribution in [0.5, 0.6) is 0 Å². The lowest BCUT2D eigenvalue weighted by atomic mass is 10.1. The van der Waals surface area contributed by atoms with Crippen molar-refractivity contribution in [2.45, 2.75) is 17.6 Å². The summed E-state index contributed by atoms with van der Waals surface area (Å²) in [5.41, 5.74) is 1.78. The van der Waals surface area contributed by atoms with Crippen LogP contribution in [0.2, 0.25) is 5.02 Å². The number of nitrogens with zero attached hydrogens (tertiary/aromatic N) is 1. The Bertz CT molecular complexity index is 841. The Morgan fingerprint density at radius 1 is 1.24 bits per heavy atom. The van der Waals surface area contributed by atoms with Crippen molar-refractivity contribution in [3.05, 3.63) is 63.9 Å². The molecule has 0 aliphatic carbocycles. The standard InChI is InChI=1S/C15H11ClFNO2S/c1-10-6-11(8-18)2-3-12(10)9-21(19,20)13-4-5-15(17)14(16)7-13/h2-7H,9H2,1H3. The molecule has 0 aromatic heterocycles. The van der Waals surface area contributed by atoms with Gasteiger partial charge in [0.2, 0.25) is 0 Å². The second-order valence-corrected chi connectivity index (χ2v) is 6.98. The van der Waals surface area contributed by atoms with E-state index < -0.39 is 15.7 Å². The zero-order chi connectivity index (χ0) is 15.6. The van der Waals surface area contributed by atoms with E-state index in [1.165, 1.54) is 6.07 Å². The van der Waals surface area contributed by atoms with Crippen LogP contribution >= 0.6 is 11.6 Å². The molecule has 0 N–H and O–H groups in total. The van der Waals surface area contributed by atoms with E-state index in [-0.39, 0.29) is 15.7 Å². The molecule has 0 saturated heterocycles. The summed E-state index contributed by atoms with van der Waals surface area (Å²) in [4.78, 5) is -0.0299. The Hall–Kier alpha value is -1.90. The summed E-state index contributed by atoms with van der Waals surface area (Å²) < 4.78 is 37.8. The smallest absolute Gasteiger partial charge is 0.182 e. The average molecular weight is 324 g/mol. The van der Waals surface area contributed by atoms with Crippen LogP contribution in [0.1, 0.15) is 16.7 Å². The fourth-order valence-electron chi connectivity index (χ4n) is 1.89. The second kappa shape index (κ2) is 5.84. The number of sulfone groups is 1. The van der Waals surface area contributed by atoms with Gasteiger partial charge < -0.3 is 0 Å². The molecule has 0 unspecified atom stereocenters.